The van der Waals surface area contributed by atoms with Gasteiger partial charge in [0, 0.05) is 23.3 Å². The van der Waals surface area contributed by atoms with Crippen LogP contribution < -0.4 is 9.30 Å². The van der Waals surface area contributed by atoms with Gasteiger partial charge >= 0.3 is 0 Å². The zero-order valence-electron chi connectivity index (χ0n) is 14.7. The second kappa shape index (κ2) is 8.38. The molecule has 0 radical (unpaired) electrons. The second-order valence-corrected chi connectivity index (χ2v) is 6.12. The quantitative estimate of drug-likeness (QED) is 0.286. The molecule has 0 fully saturated rings. The summed E-state index contributed by atoms with van der Waals surface area (Å²) in [4.78, 5) is 26.0. The van der Waals surface area contributed by atoms with Crippen molar-refractivity contribution in [2.75, 3.05) is 7.11 Å². The number of ether oxygens (including phenoxy) is 1. The van der Waals surface area contributed by atoms with Gasteiger partial charge in [-0.05, 0) is 4.91 Å². The largest absolute Gasteiger partial charge is 0.769 e. The molecule has 27 heavy (non-hydrogen) atoms. The van der Waals surface area contributed by atoms with Crippen molar-refractivity contribution in [3.05, 3.63) is 101 Å². The van der Waals surface area contributed by atoms with Crippen LogP contribution in [0.3, 0.4) is 0 Å². The van der Waals surface area contributed by atoms with Crippen LogP contribution >= 0.6 is 0 Å². The fourth-order valence-corrected chi connectivity index (χ4v) is 2.91. The Bertz CT molecular complexity index is 981. The summed E-state index contributed by atoms with van der Waals surface area (Å²) in [7, 11) is 1.56. The molecule has 3 aromatic rings. The van der Waals surface area contributed by atoms with Crippen LogP contribution in [0.5, 0.6) is 5.75 Å². The summed E-state index contributed by atoms with van der Waals surface area (Å²) in [6.07, 6.45) is 3.30. The zero-order chi connectivity index (χ0) is 19.2. The van der Waals surface area contributed by atoms with Crippen LogP contribution in [0, 0.1) is 0 Å². The highest BCUT2D eigenvalue weighted by atomic mass is 32.1. The van der Waals surface area contributed by atoms with Gasteiger partial charge < -0.3 is 17.4 Å². The van der Waals surface area contributed by atoms with E-state index in [9.17, 15) is 9.59 Å². The molecule has 0 bridgehead atoms. The lowest BCUT2D eigenvalue weighted by Crippen LogP contribution is -2.37. The van der Waals surface area contributed by atoms with Gasteiger partial charge in [-0.15, -0.1) is 0 Å². The van der Waals surface area contributed by atoms with Crippen molar-refractivity contribution < 1.29 is 18.9 Å². The lowest BCUT2D eigenvalue weighted by molar-refractivity contribution is -0.577. The normalized spacial score (nSPS) is 11.4. The topological polar surface area (TPSA) is 47.2 Å². The Kier molecular flexibility index (Phi) is 5.74. The van der Waals surface area contributed by atoms with Gasteiger partial charge in [0.25, 0.3) is 5.78 Å². The molecule has 0 amide bonds. The molecule has 0 aliphatic carbocycles. The molecular formula is C22H17NO3S. The average molecular weight is 375 g/mol. The van der Waals surface area contributed by atoms with Gasteiger partial charge in [0.05, 0.1) is 7.11 Å². The molecule has 0 unspecified atom stereocenters. The summed E-state index contributed by atoms with van der Waals surface area (Å²) < 4.78 is 6.72. The third kappa shape index (κ3) is 4.10. The number of benzene rings is 2. The van der Waals surface area contributed by atoms with Crippen LogP contribution in [0.25, 0.3) is 5.70 Å². The Morgan fingerprint density at radius 2 is 1.26 bits per heavy atom. The van der Waals surface area contributed by atoms with E-state index in [2.05, 4.69) is 0 Å². The number of allylic oxidation sites excluding steroid dienone is 2. The summed E-state index contributed by atoms with van der Waals surface area (Å²) in [6.45, 7) is 0. The van der Waals surface area contributed by atoms with Crippen LogP contribution in [-0.2, 0) is 12.6 Å². The number of methoxy groups -OCH3 is 1. The van der Waals surface area contributed by atoms with Gasteiger partial charge in [-0.2, -0.15) is 4.57 Å². The SMILES string of the molecule is COc1cc[n+](/C(C(=O)c2ccccc2)=C(\[S-])C(=O)c2ccccc2)cc1. The first kappa shape index (κ1) is 18.5. The van der Waals surface area contributed by atoms with Crippen molar-refractivity contribution in [1.29, 1.82) is 0 Å². The minimum absolute atomic E-state index is 0.0368. The third-order valence-corrected chi connectivity index (χ3v) is 4.38. The fraction of sp³-hybridized carbons (Fsp3) is 0.0455. The summed E-state index contributed by atoms with van der Waals surface area (Å²) in [6, 6.07) is 20.9. The second-order valence-electron chi connectivity index (χ2n) is 5.71. The Labute approximate surface area is 163 Å². The average Bonchev–Trinajstić information content (AvgIpc) is 2.75. The van der Waals surface area contributed by atoms with Gasteiger partial charge in [0.1, 0.15) is 5.75 Å². The van der Waals surface area contributed by atoms with E-state index < -0.39 is 0 Å². The predicted octanol–water partition coefficient (Wildman–Crippen LogP) is 3.46. The number of hydrogen-bond acceptors (Lipinski definition) is 4. The molecule has 4 nitrogen and oxygen atoms in total. The van der Waals surface area contributed by atoms with E-state index in [1.165, 1.54) is 0 Å². The first-order chi connectivity index (χ1) is 13.1. The van der Waals surface area contributed by atoms with Crippen molar-refractivity contribution >= 4 is 29.9 Å². The van der Waals surface area contributed by atoms with Gasteiger partial charge in [-0.1, -0.05) is 60.7 Å². The molecule has 0 saturated carbocycles. The molecule has 0 aliphatic rings. The smallest absolute Gasteiger partial charge is 0.255 e. The van der Waals surface area contributed by atoms with E-state index in [4.69, 9.17) is 17.4 Å². The maximum atomic E-state index is 13.1. The number of rotatable bonds is 6. The Morgan fingerprint density at radius 3 is 1.74 bits per heavy atom. The van der Waals surface area contributed by atoms with Gasteiger partial charge in [-0.25, -0.2) is 0 Å². The molecule has 0 saturated heterocycles. The van der Waals surface area contributed by atoms with E-state index in [1.54, 1.807) is 84.7 Å². The number of carbonyl (C=O) groups excluding carboxylic acids is 2. The third-order valence-electron chi connectivity index (χ3n) is 4.00. The molecule has 3 rings (SSSR count). The summed E-state index contributed by atoms with van der Waals surface area (Å²) >= 11 is 5.44. The zero-order valence-corrected chi connectivity index (χ0v) is 15.5. The number of pyridine rings is 1. The number of aromatic nitrogens is 1. The molecule has 1 heterocycles. The molecule has 1 aromatic heterocycles. The van der Waals surface area contributed by atoms with Gasteiger partial charge in [0.2, 0.25) is 5.70 Å². The minimum atomic E-state index is -0.367. The molecule has 2 aromatic carbocycles. The lowest BCUT2D eigenvalue weighted by atomic mass is 10.0. The molecular weight excluding hydrogens is 358 g/mol. The van der Waals surface area contributed by atoms with Crippen LogP contribution in [0.4, 0.5) is 0 Å². The van der Waals surface area contributed by atoms with Gasteiger partial charge in [-0.3, -0.25) is 9.59 Å². The summed E-state index contributed by atoms with van der Waals surface area (Å²) in [5.41, 5.74) is 1.03. The van der Waals surface area contributed by atoms with E-state index in [0.717, 1.165) is 0 Å². The number of ketones is 2. The van der Waals surface area contributed by atoms with E-state index in [-0.39, 0.29) is 22.2 Å². The van der Waals surface area contributed by atoms with Crippen molar-refractivity contribution in [1.82, 2.24) is 0 Å². The fourth-order valence-electron chi connectivity index (χ4n) is 2.59. The highest BCUT2D eigenvalue weighted by molar-refractivity contribution is 7.65. The highest BCUT2D eigenvalue weighted by Crippen LogP contribution is 2.17. The lowest BCUT2D eigenvalue weighted by Gasteiger charge is -2.14. The van der Waals surface area contributed by atoms with Crippen LogP contribution in [0.15, 0.2) is 90.1 Å². The van der Waals surface area contributed by atoms with Crippen LogP contribution in [0.1, 0.15) is 20.7 Å². The minimum Gasteiger partial charge on any atom is -0.769 e. The predicted molar refractivity (Wildman–Crippen MR) is 105 cm³/mol. The molecule has 0 N–H and O–H groups in total. The Hall–Kier alpha value is -3.31. The van der Waals surface area contributed by atoms with Gasteiger partial charge in [0.15, 0.2) is 18.2 Å². The van der Waals surface area contributed by atoms with Crippen LogP contribution in [-0.4, -0.2) is 18.7 Å². The first-order valence-electron chi connectivity index (χ1n) is 8.28. The highest BCUT2D eigenvalue weighted by Gasteiger charge is 2.25. The van der Waals surface area contributed by atoms with E-state index in [1.807, 2.05) is 12.1 Å². The first-order valence-corrected chi connectivity index (χ1v) is 8.69. The monoisotopic (exact) mass is 375 g/mol. The Morgan fingerprint density at radius 1 is 0.778 bits per heavy atom. The summed E-state index contributed by atoms with van der Waals surface area (Å²) in [5, 5.41) is 0. The molecule has 0 atom stereocenters. The number of Topliss-reactive ketones (excluding diaryl/α,β-unsaturated/α-hetero) is 2. The van der Waals surface area contributed by atoms with Crippen molar-refractivity contribution in [2.45, 2.75) is 0 Å². The molecule has 134 valence electrons. The van der Waals surface area contributed by atoms with Crippen molar-refractivity contribution in [3.8, 4) is 5.75 Å². The van der Waals surface area contributed by atoms with Crippen LogP contribution in [0.2, 0.25) is 0 Å². The number of hydrogen-bond donors (Lipinski definition) is 0. The van der Waals surface area contributed by atoms with E-state index >= 15 is 0 Å². The van der Waals surface area contributed by atoms with Crippen molar-refractivity contribution in [3.63, 3.8) is 0 Å². The number of nitrogens with zero attached hydrogens (tertiary/aromatic N) is 1. The van der Waals surface area contributed by atoms with Crippen molar-refractivity contribution in [2.24, 2.45) is 0 Å². The summed E-state index contributed by atoms with van der Waals surface area (Å²) in [5.74, 6) is -0.0497. The molecule has 0 aliphatic heterocycles. The maximum absolute atomic E-state index is 13.1. The Balaban J connectivity index is 2.14. The number of carbonyl (C=O) groups is 2. The van der Waals surface area contributed by atoms with E-state index in [0.29, 0.717) is 16.9 Å². The standard InChI is InChI=1S/C22H17NO3S/c1-26-18-12-14-23(15-13-18)19(20(24)16-8-4-2-5-9-16)22(27)21(25)17-10-6-3-7-11-17/h2-15H,1H3. The molecule has 0 spiro atoms. The maximum Gasteiger partial charge on any atom is 0.255 e. The molecule has 5 heteroatoms.